The van der Waals surface area contributed by atoms with Gasteiger partial charge in [-0.1, -0.05) is 84.9 Å². The van der Waals surface area contributed by atoms with Crippen molar-refractivity contribution >= 4 is 14.5 Å². The number of hydrogen-bond donors (Lipinski definition) is 0. The molecule has 0 spiro atoms. The molecule has 0 atom stereocenters. The van der Waals surface area contributed by atoms with E-state index >= 15 is 0 Å². The Hall–Kier alpha value is -2.20. The van der Waals surface area contributed by atoms with Gasteiger partial charge in [0.1, 0.15) is 0 Å². The molecule has 2 nitrogen and oxygen atoms in total. The Morgan fingerprint density at radius 1 is 0.625 bits per heavy atom. The number of hydrogen-bond acceptors (Lipinski definition) is 2. The zero-order chi connectivity index (χ0) is 16.6. The monoisotopic (exact) mass is 334 g/mol. The molecule has 0 bridgehead atoms. The summed E-state index contributed by atoms with van der Waals surface area (Å²) in [5, 5.41) is 1.21. The highest BCUT2D eigenvalue weighted by Gasteiger charge is 2.19. The van der Waals surface area contributed by atoms with Gasteiger partial charge >= 0.3 is 9.28 Å². The minimum Gasteiger partial charge on any atom is -0.389 e. The van der Waals surface area contributed by atoms with Crippen LogP contribution in [0.2, 0.25) is 0 Å². The Balaban J connectivity index is 1.72. The molecule has 122 valence electrons. The Labute approximate surface area is 145 Å². The minimum atomic E-state index is -1.97. The molecule has 0 aliphatic carbocycles. The summed E-state index contributed by atoms with van der Waals surface area (Å²) in [6.07, 6.45) is 0. The van der Waals surface area contributed by atoms with E-state index in [0.717, 1.165) is 0 Å². The molecule has 0 aliphatic rings. The van der Waals surface area contributed by atoms with E-state index in [-0.39, 0.29) is 0 Å². The molecule has 3 aromatic rings. The molecule has 3 aromatic carbocycles. The van der Waals surface area contributed by atoms with E-state index in [4.69, 9.17) is 8.85 Å². The molecule has 0 radical (unpaired) electrons. The highest BCUT2D eigenvalue weighted by Crippen LogP contribution is 2.08. The highest BCUT2D eigenvalue weighted by molar-refractivity contribution is 6.61. The number of rotatable bonds is 7. The van der Waals surface area contributed by atoms with Gasteiger partial charge in [0.15, 0.2) is 0 Å². The second-order valence-corrected chi connectivity index (χ2v) is 7.73. The van der Waals surface area contributed by atoms with Crippen molar-refractivity contribution in [2.24, 2.45) is 0 Å². The van der Waals surface area contributed by atoms with Crippen molar-refractivity contribution in [1.82, 2.24) is 0 Å². The summed E-state index contributed by atoms with van der Waals surface area (Å²) < 4.78 is 12.5. The SMILES string of the molecule is Cc1ccccc1[SiH](OCc1ccccc1)OCc1ccccc1. The van der Waals surface area contributed by atoms with E-state index in [2.05, 4.69) is 55.5 Å². The summed E-state index contributed by atoms with van der Waals surface area (Å²) in [6.45, 7) is 3.29. The lowest BCUT2D eigenvalue weighted by Crippen LogP contribution is -2.38. The maximum atomic E-state index is 6.23. The molecule has 0 saturated heterocycles. The third kappa shape index (κ3) is 4.65. The van der Waals surface area contributed by atoms with Crippen molar-refractivity contribution in [3.63, 3.8) is 0 Å². The average Bonchev–Trinajstić information content (AvgIpc) is 2.64. The lowest BCUT2D eigenvalue weighted by Gasteiger charge is -2.19. The van der Waals surface area contributed by atoms with Crippen molar-refractivity contribution < 1.29 is 8.85 Å². The molecule has 0 unspecified atom stereocenters. The molecule has 24 heavy (non-hydrogen) atoms. The molecular formula is C21H22O2Si. The highest BCUT2D eigenvalue weighted by atomic mass is 28.3. The number of aryl methyl sites for hydroxylation is 1. The molecule has 0 saturated carbocycles. The van der Waals surface area contributed by atoms with Crippen molar-refractivity contribution in [1.29, 1.82) is 0 Å². The van der Waals surface area contributed by atoms with Crippen LogP contribution in [0.3, 0.4) is 0 Å². The van der Waals surface area contributed by atoms with Gasteiger partial charge in [-0.3, -0.25) is 0 Å². The van der Waals surface area contributed by atoms with E-state index in [1.165, 1.54) is 21.9 Å². The molecule has 0 fully saturated rings. The van der Waals surface area contributed by atoms with Gasteiger partial charge in [-0.05, 0) is 28.8 Å². The third-order valence-corrected chi connectivity index (χ3v) is 6.03. The van der Waals surface area contributed by atoms with Gasteiger partial charge in [0, 0.05) is 0 Å². The van der Waals surface area contributed by atoms with Gasteiger partial charge in [-0.2, -0.15) is 0 Å². The van der Waals surface area contributed by atoms with E-state index < -0.39 is 9.28 Å². The fraction of sp³-hybridized carbons (Fsp3) is 0.143. The van der Waals surface area contributed by atoms with Crippen LogP contribution in [0.5, 0.6) is 0 Å². The first-order valence-electron chi connectivity index (χ1n) is 8.19. The fourth-order valence-electron chi connectivity index (χ4n) is 2.57. The lowest BCUT2D eigenvalue weighted by atomic mass is 10.2. The summed E-state index contributed by atoms with van der Waals surface area (Å²) in [5.74, 6) is 0. The molecule has 0 aromatic heterocycles. The van der Waals surface area contributed by atoms with E-state index in [9.17, 15) is 0 Å². The minimum absolute atomic E-state index is 0.584. The smallest absolute Gasteiger partial charge is 0.356 e. The molecule has 3 rings (SSSR count). The van der Waals surface area contributed by atoms with Crippen molar-refractivity contribution in [2.75, 3.05) is 0 Å². The zero-order valence-corrected chi connectivity index (χ0v) is 15.0. The van der Waals surface area contributed by atoms with E-state index in [1.54, 1.807) is 0 Å². The van der Waals surface area contributed by atoms with E-state index in [0.29, 0.717) is 13.2 Å². The van der Waals surface area contributed by atoms with Crippen molar-refractivity contribution in [3.8, 4) is 0 Å². The Morgan fingerprint density at radius 2 is 1.08 bits per heavy atom. The van der Waals surface area contributed by atoms with Gasteiger partial charge < -0.3 is 8.85 Å². The van der Waals surface area contributed by atoms with Gasteiger partial charge in [-0.15, -0.1) is 0 Å². The van der Waals surface area contributed by atoms with Crippen LogP contribution in [-0.4, -0.2) is 9.28 Å². The molecule has 0 aliphatic heterocycles. The fourth-order valence-corrected chi connectivity index (χ4v) is 4.45. The van der Waals surface area contributed by atoms with Gasteiger partial charge in [0.2, 0.25) is 0 Å². The lowest BCUT2D eigenvalue weighted by molar-refractivity contribution is 0.192. The van der Waals surface area contributed by atoms with Crippen LogP contribution in [0.15, 0.2) is 84.9 Å². The van der Waals surface area contributed by atoms with Crippen LogP contribution in [0, 0.1) is 6.92 Å². The first kappa shape index (κ1) is 16.6. The summed E-state index contributed by atoms with van der Waals surface area (Å²) in [6, 6.07) is 28.9. The van der Waals surface area contributed by atoms with Crippen LogP contribution in [0.25, 0.3) is 0 Å². The van der Waals surface area contributed by atoms with Crippen molar-refractivity contribution in [3.05, 3.63) is 102 Å². The molecule has 0 heterocycles. The second kappa shape index (κ2) is 8.59. The quantitative estimate of drug-likeness (QED) is 0.611. The Bertz CT molecular complexity index is 701. The number of benzene rings is 3. The normalized spacial score (nSPS) is 10.9. The first-order valence-corrected chi connectivity index (χ1v) is 9.71. The summed E-state index contributed by atoms with van der Waals surface area (Å²) >= 11 is 0. The third-order valence-electron chi connectivity index (χ3n) is 3.93. The van der Waals surface area contributed by atoms with Crippen molar-refractivity contribution in [2.45, 2.75) is 20.1 Å². The molecule has 3 heteroatoms. The predicted molar refractivity (Wildman–Crippen MR) is 100 cm³/mol. The molecular weight excluding hydrogens is 312 g/mol. The van der Waals surface area contributed by atoms with Crippen LogP contribution >= 0.6 is 0 Å². The zero-order valence-electron chi connectivity index (χ0n) is 13.9. The van der Waals surface area contributed by atoms with Gasteiger partial charge in [0.25, 0.3) is 0 Å². The van der Waals surface area contributed by atoms with Crippen LogP contribution < -0.4 is 5.19 Å². The topological polar surface area (TPSA) is 18.5 Å². The Kier molecular flexibility index (Phi) is 5.96. The summed E-state index contributed by atoms with van der Waals surface area (Å²) in [4.78, 5) is 0. The predicted octanol–water partition coefficient (Wildman–Crippen LogP) is 3.86. The maximum absolute atomic E-state index is 6.23. The van der Waals surface area contributed by atoms with Gasteiger partial charge in [-0.25, -0.2) is 0 Å². The largest absolute Gasteiger partial charge is 0.389 e. The van der Waals surface area contributed by atoms with Crippen LogP contribution in [0.1, 0.15) is 16.7 Å². The van der Waals surface area contributed by atoms with E-state index in [1.807, 2.05) is 36.4 Å². The molecule has 0 N–H and O–H groups in total. The molecule has 0 amide bonds. The van der Waals surface area contributed by atoms with Gasteiger partial charge in [0.05, 0.1) is 13.2 Å². The Morgan fingerprint density at radius 3 is 1.58 bits per heavy atom. The summed E-state index contributed by atoms with van der Waals surface area (Å²) in [5.41, 5.74) is 3.58. The maximum Gasteiger partial charge on any atom is 0.356 e. The standard InChI is InChI=1S/C21H22O2Si/c1-18-10-8-9-15-21(18)24(22-16-19-11-4-2-5-12-19)23-17-20-13-6-3-7-14-20/h2-15,24H,16-17H2,1H3. The second-order valence-electron chi connectivity index (χ2n) is 5.78. The van der Waals surface area contributed by atoms with Crippen LogP contribution in [0.4, 0.5) is 0 Å². The summed E-state index contributed by atoms with van der Waals surface area (Å²) in [7, 11) is -1.97. The van der Waals surface area contributed by atoms with Crippen LogP contribution in [-0.2, 0) is 22.1 Å². The first-order chi connectivity index (χ1) is 11.8. The average molecular weight is 334 g/mol.